The minimum Gasteiger partial charge on any atom is -0.508 e. The van der Waals surface area contributed by atoms with Gasteiger partial charge in [0.15, 0.2) is 0 Å². The molecule has 2 unspecified atom stereocenters. The summed E-state index contributed by atoms with van der Waals surface area (Å²) in [4.78, 5) is 0. The highest BCUT2D eigenvalue weighted by atomic mass is 16.3. The van der Waals surface area contributed by atoms with Gasteiger partial charge in [0.1, 0.15) is 5.75 Å². The average Bonchev–Trinajstić information content (AvgIpc) is 2.91. The number of phenols is 1. The zero-order valence-electron chi connectivity index (χ0n) is 9.39. The van der Waals surface area contributed by atoms with Gasteiger partial charge in [0, 0.05) is 6.61 Å². The maximum Gasteiger partial charge on any atom is 0.115 e. The van der Waals surface area contributed by atoms with Crippen molar-refractivity contribution in [3.63, 3.8) is 0 Å². The third-order valence-corrected chi connectivity index (χ3v) is 4.31. The smallest absolute Gasteiger partial charge is 0.115 e. The summed E-state index contributed by atoms with van der Waals surface area (Å²) in [5.41, 5.74) is 1.36. The Morgan fingerprint density at radius 3 is 2.31 bits per heavy atom. The van der Waals surface area contributed by atoms with E-state index in [0.717, 1.165) is 18.3 Å². The highest BCUT2D eigenvalue weighted by Gasteiger charge is 2.53. The highest BCUT2D eigenvalue weighted by molar-refractivity contribution is 5.27. The van der Waals surface area contributed by atoms with Gasteiger partial charge >= 0.3 is 0 Å². The molecule has 2 saturated carbocycles. The minimum absolute atomic E-state index is 0.130. The normalized spacial score (nSPS) is 36.1. The first-order valence-corrected chi connectivity index (χ1v) is 6.10. The van der Waals surface area contributed by atoms with E-state index in [0.29, 0.717) is 12.4 Å². The van der Waals surface area contributed by atoms with Gasteiger partial charge in [-0.3, -0.25) is 0 Å². The zero-order chi connectivity index (χ0) is 11.2. The van der Waals surface area contributed by atoms with Gasteiger partial charge in [-0.15, -0.1) is 0 Å². The van der Waals surface area contributed by atoms with Gasteiger partial charge in [-0.05, 0) is 60.6 Å². The lowest BCUT2D eigenvalue weighted by Gasteiger charge is -2.28. The van der Waals surface area contributed by atoms with Gasteiger partial charge in [-0.2, -0.15) is 0 Å². The zero-order valence-corrected chi connectivity index (χ0v) is 9.39. The summed E-state index contributed by atoms with van der Waals surface area (Å²) < 4.78 is 0. The molecular formula is C14H18O2. The summed E-state index contributed by atoms with van der Waals surface area (Å²) in [6.45, 7) is 0.306. The van der Waals surface area contributed by atoms with Crippen LogP contribution < -0.4 is 0 Å². The van der Waals surface area contributed by atoms with E-state index in [4.69, 9.17) is 0 Å². The second-order valence-corrected chi connectivity index (χ2v) is 5.67. The highest BCUT2D eigenvalue weighted by Crippen LogP contribution is 2.60. The molecule has 2 fully saturated rings. The first-order valence-electron chi connectivity index (χ1n) is 6.10. The number of aliphatic hydroxyl groups excluding tert-OH is 1. The number of aliphatic hydroxyl groups is 1. The van der Waals surface area contributed by atoms with Gasteiger partial charge in [-0.1, -0.05) is 12.1 Å². The maximum atomic E-state index is 9.62. The van der Waals surface area contributed by atoms with Crippen molar-refractivity contribution in [1.82, 2.24) is 0 Å². The van der Waals surface area contributed by atoms with E-state index < -0.39 is 0 Å². The number of hydrogen-bond acceptors (Lipinski definition) is 2. The van der Waals surface area contributed by atoms with Gasteiger partial charge in [0.05, 0.1) is 0 Å². The van der Waals surface area contributed by atoms with Crippen LogP contribution in [-0.4, -0.2) is 16.8 Å². The predicted molar refractivity (Wildman–Crippen MR) is 62.2 cm³/mol. The molecule has 1 aromatic rings. The Morgan fingerprint density at radius 2 is 1.75 bits per heavy atom. The fourth-order valence-electron chi connectivity index (χ4n) is 3.38. The van der Waals surface area contributed by atoms with Crippen molar-refractivity contribution in [3.8, 4) is 5.75 Å². The van der Waals surface area contributed by atoms with E-state index in [-0.39, 0.29) is 5.41 Å². The largest absolute Gasteiger partial charge is 0.508 e. The molecule has 1 aromatic carbocycles. The first-order chi connectivity index (χ1) is 7.71. The maximum absolute atomic E-state index is 9.62. The quantitative estimate of drug-likeness (QED) is 0.817. The molecule has 86 valence electrons. The molecule has 0 bridgehead atoms. The van der Waals surface area contributed by atoms with Crippen LogP contribution in [0.5, 0.6) is 5.75 Å². The molecule has 2 N–H and O–H groups in total. The number of aromatic hydroxyl groups is 1. The lowest BCUT2D eigenvalue weighted by atomic mass is 9.78. The Balaban J connectivity index is 1.75. The molecule has 0 aliphatic heterocycles. The molecule has 2 nitrogen and oxygen atoms in total. The molecule has 0 amide bonds. The number of phenolic OH excluding ortho intramolecular Hbond substituents is 1. The molecule has 2 atom stereocenters. The average molecular weight is 218 g/mol. The molecule has 2 heteroatoms. The molecule has 0 radical (unpaired) electrons. The van der Waals surface area contributed by atoms with Crippen LogP contribution in [0.25, 0.3) is 0 Å². The van der Waals surface area contributed by atoms with Crippen molar-refractivity contribution in [2.75, 3.05) is 6.61 Å². The molecule has 0 spiro atoms. The summed E-state index contributed by atoms with van der Waals surface area (Å²) in [5.74, 6) is 2.10. The van der Waals surface area contributed by atoms with Crippen LogP contribution >= 0.6 is 0 Å². The predicted octanol–water partition coefficient (Wildman–Crippen LogP) is 2.34. The molecular weight excluding hydrogens is 200 g/mol. The van der Waals surface area contributed by atoms with Crippen molar-refractivity contribution >= 4 is 0 Å². The topological polar surface area (TPSA) is 40.5 Å². The molecule has 2 aliphatic rings. The third-order valence-electron chi connectivity index (χ3n) is 4.31. The van der Waals surface area contributed by atoms with Gasteiger partial charge in [0.2, 0.25) is 0 Å². The molecule has 0 saturated heterocycles. The van der Waals surface area contributed by atoms with Crippen molar-refractivity contribution < 1.29 is 10.2 Å². The Hall–Kier alpha value is -1.02. The summed E-state index contributed by atoms with van der Waals surface area (Å²) in [7, 11) is 0. The number of hydrogen-bond donors (Lipinski definition) is 2. The monoisotopic (exact) mass is 218 g/mol. The van der Waals surface area contributed by atoms with E-state index in [1.165, 1.54) is 24.8 Å². The molecule has 2 aliphatic carbocycles. The summed E-state index contributed by atoms with van der Waals surface area (Å²) in [6, 6.07) is 7.40. The molecule has 0 heterocycles. The van der Waals surface area contributed by atoms with Gasteiger partial charge in [0.25, 0.3) is 0 Å². The fourth-order valence-corrected chi connectivity index (χ4v) is 3.38. The van der Waals surface area contributed by atoms with Crippen LogP contribution in [0.3, 0.4) is 0 Å². The van der Waals surface area contributed by atoms with E-state index >= 15 is 0 Å². The van der Waals surface area contributed by atoms with Crippen LogP contribution in [0, 0.1) is 17.3 Å². The standard InChI is InChI=1S/C14H18O2/c15-9-14(7-11-5-12(11)8-14)6-10-1-3-13(16)4-2-10/h1-4,11-12,15-16H,5-9H2. The molecule has 16 heavy (non-hydrogen) atoms. The Bertz CT molecular complexity index is 372. The van der Waals surface area contributed by atoms with Gasteiger partial charge < -0.3 is 10.2 Å². The summed E-state index contributed by atoms with van der Waals surface area (Å²) in [6.07, 6.45) is 4.72. The molecule has 0 aromatic heterocycles. The van der Waals surface area contributed by atoms with Crippen LogP contribution in [0.1, 0.15) is 24.8 Å². The Kier molecular flexibility index (Phi) is 2.21. The van der Waals surface area contributed by atoms with Crippen LogP contribution in [0.15, 0.2) is 24.3 Å². The SMILES string of the molecule is OCC1(Cc2ccc(O)cc2)CC2CC2C1. The number of rotatable bonds is 3. The first kappa shape index (κ1) is 10.2. The second-order valence-electron chi connectivity index (χ2n) is 5.67. The van der Waals surface area contributed by atoms with Crippen LogP contribution in [0.2, 0.25) is 0 Å². The second kappa shape index (κ2) is 3.49. The van der Waals surface area contributed by atoms with Crippen molar-refractivity contribution in [3.05, 3.63) is 29.8 Å². The Labute approximate surface area is 95.9 Å². The van der Waals surface area contributed by atoms with Crippen LogP contribution in [-0.2, 0) is 6.42 Å². The number of fused-ring (bicyclic) bond motifs is 1. The third kappa shape index (κ3) is 1.71. The summed E-state index contributed by atoms with van der Waals surface area (Å²) >= 11 is 0. The Morgan fingerprint density at radius 1 is 1.12 bits per heavy atom. The fraction of sp³-hybridized carbons (Fsp3) is 0.571. The lowest BCUT2D eigenvalue weighted by Crippen LogP contribution is -2.26. The van der Waals surface area contributed by atoms with E-state index in [1.807, 2.05) is 12.1 Å². The summed E-state index contributed by atoms with van der Waals surface area (Å²) in [5, 5.41) is 18.9. The van der Waals surface area contributed by atoms with E-state index in [9.17, 15) is 10.2 Å². The lowest BCUT2D eigenvalue weighted by molar-refractivity contribution is 0.117. The van der Waals surface area contributed by atoms with Gasteiger partial charge in [-0.25, -0.2) is 0 Å². The van der Waals surface area contributed by atoms with Crippen LogP contribution in [0.4, 0.5) is 0 Å². The molecule has 3 rings (SSSR count). The van der Waals surface area contributed by atoms with Crippen molar-refractivity contribution in [1.29, 1.82) is 0 Å². The van der Waals surface area contributed by atoms with E-state index in [2.05, 4.69) is 0 Å². The number of benzene rings is 1. The van der Waals surface area contributed by atoms with Crippen molar-refractivity contribution in [2.24, 2.45) is 17.3 Å². The minimum atomic E-state index is 0.130. The van der Waals surface area contributed by atoms with E-state index in [1.54, 1.807) is 12.1 Å². The van der Waals surface area contributed by atoms with Crippen molar-refractivity contribution in [2.45, 2.75) is 25.7 Å².